The molecular weight excluding hydrogens is 286 g/mol. The highest BCUT2D eigenvalue weighted by atomic mass is 79.9. The maximum Gasteiger partial charge on any atom is 0.225 e. The molecule has 0 spiro atoms. The van der Waals surface area contributed by atoms with Crippen LogP contribution in [0.1, 0.15) is 30.6 Å². The van der Waals surface area contributed by atoms with Crippen molar-refractivity contribution in [3.05, 3.63) is 22.4 Å². The van der Waals surface area contributed by atoms with Gasteiger partial charge in [0.2, 0.25) is 5.91 Å². The molecule has 88 valence electrons. The van der Waals surface area contributed by atoms with E-state index in [0.717, 1.165) is 17.7 Å². The van der Waals surface area contributed by atoms with Crippen LogP contribution in [0.5, 0.6) is 0 Å². The Labute approximate surface area is 109 Å². The van der Waals surface area contributed by atoms with Crippen molar-refractivity contribution in [3.63, 3.8) is 0 Å². The first-order valence-corrected chi connectivity index (χ1v) is 7.49. The Balaban J connectivity index is 1.75. The van der Waals surface area contributed by atoms with Gasteiger partial charge in [0.25, 0.3) is 0 Å². The molecule has 0 aromatic carbocycles. The van der Waals surface area contributed by atoms with Crippen molar-refractivity contribution in [1.29, 1.82) is 0 Å². The highest BCUT2D eigenvalue weighted by Gasteiger charge is 2.20. The lowest BCUT2D eigenvalue weighted by molar-refractivity contribution is -0.121. The van der Waals surface area contributed by atoms with E-state index in [0.29, 0.717) is 17.3 Å². The largest absolute Gasteiger partial charge is 0.353 e. The number of carbonyl (C=O) groups is 1. The lowest BCUT2D eigenvalue weighted by Crippen LogP contribution is -2.38. The molecular formula is C12H16BrNOS. The zero-order chi connectivity index (χ0) is 11.4. The molecule has 1 aliphatic rings. The van der Waals surface area contributed by atoms with E-state index in [2.05, 4.69) is 21.2 Å². The fourth-order valence-corrected chi connectivity index (χ4v) is 3.28. The zero-order valence-corrected chi connectivity index (χ0v) is 11.5. The predicted molar refractivity (Wildman–Crippen MR) is 71.1 cm³/mol. The number of alkyl halides is 1. The van der Waals surface area contributed by atoms with Gasteiger partial charge in [0.15, 0.2) is 0 Å². The SMILES string of the molecule is O=C(Cc1cccs1)NC1CCC(Br)CC1. The van der Waals surface area contributed by atoms with Gasteiger partial charge in [-0.2, -0.15) is 0 Å². The van der Waals surface area contributed by atoms with Crippen molar-refractivity contribution in [2.75, 3.05) is 0 Å². The van der Waals surface area contributed by atoms with Gasteiger partial charge >= 0.3 is 0 Å². The molecule has 16 heavy (non-hydrogen) atoms. The summed E-state index contributed by atoms with van der Waals surface area (Å²) in [5, 5.41) is 5.14. The van der Waals surface area contributed by atoms with Crippen molar-refractivity contribution in [2.45, 2.75) is 43.0 Å². The summed E-state index contributed by atoms with van der Waals surface area (Å²) in [6.07, 6.45) is 5.08. The van der Waals surface area contributed by atoms with E-state index in [1.165, 1.54) is 12.8 Å². The summed E-state index contributed by atoms with van der Waals surface area (Å²) in [5.74, 6) is 0.167. The molecule has 1 aliphatic carbocycles. The first-order valence-electron chi connectivity index (χ1n) is 5.70. The molecule has 1 aromatic rings. The van der Waals surface area contributed by atoms with Crippen LogP contribution in [0.15, 0.2) is 17.5 Å². The lowest BCUT2D eigenvalue weighted by atomic mass is 9.95. The fourth-order valence-electron chi connectivity index (χ4n) is 2.05. The average molecular weight is 302 g/mol. The van der Waals surface area contributed by atoms with Crippen LogP contribution in [-0.4, -0.2) is 16.8 Å². The Morgan fingerprint density at radius 2 is 2.19 bits per heavy atom. The zero-order valence-electron chi connectivity index (χ0n) is 9.12. The minimum absolute atomic E-state index is 0.167. The maximum absolute atomic E-state index is 11.7. The van der Waals surface area contributed by atoms with E-state index in [9.17, 15) is 4.79 Å². The van der Waals surface area contributed by atoms with E-state index in [1.54, 1.807) is 11.3 Å². The normalized spacial score (nSPS) is 25.3. The number of hydrogen-bond donors (Lipinski definition) is 1. The number of halogens is 1. The Kier molecular flexibility index (Phi) is 4.41. The predicted octanol–water partition coefficient (Wildman–Crippen LogP) is 3.11. The van der Waals surface area contributed by atoms with E-state index < -0.39 is 0 Å². The monoisotopic (exact) mass is 301 g/mol. The van der Waals surface area contributed by atoms with Gasteiger partial charge < -0.3 is 5.32 Å². The van der Waals surface area contributed by atoms with Gasteiger partial charge in [-0.25, -0.2) is 0 Å². The molecule has 0 bridgehead atoms. The maximum atomic E-state index is 11.7. The van der Waals surface area contributed by atoms with Crippen LogP contribution in [0.2, 0.25) is 0 Å². The van der Waals surface area contributed by atoms with Gasteiger partial charge in [-0.05, 0) is 37.1 Å². The average Bonchev–Trinajstić information content (AvgIpc) is 2.74. The van der Waals surface area contributed by atoms with Gasteiger partial charge in [0.1, 0.15) is 0 Å². The fraction of sp³-hybridized carbons (Fsp3) is 0.583. The van der Waals surface area contributed by atoms with Gasteiger partial charge in [-0.1, -0.05) is 22.0 Å². The number of thiophene rings is 1. The third kappa shape index (κ3) is 3.59. The van der Waals surface area contributed by atoms with Gasteiger partial charge in [0, 0.05) is 15.7 Å². The van der Waals surface area contributed by atoms with Gasteiger partial charge in [-0.3, -0.25) is 4.79 Å². The number of nitrogens with one attached hydrogen (secondary N) is 1. The van der Waals surface area contributed by atoms with E-state index >= 15 is 0 Å². The molecule has 2 nitrogen and oxygen atoms in total. The van der Waals surface area contributed by atoms with Crippen molar-refractivity contribution in [2.24, 2.45) is 0 Å². The summed E-state index contributed by atoms with van der Waals surface area (Å²) < 4.78 is 0. The molecule has 1 aromatic heterocycles. The smallest absolute Gasteiger partial charge is 0.225 e. The van der Waals surface area contributed by atoms with Crippen molar-refractivity contribution in [1.82, 2.24) is 5.32 Å². The number of hydrogen-bond acceptors (Lipinski definition) is 2. The molecule has 1 amide bonds. The molecule has 4 heteroatoms. The molecule has 0 unspecified atom stereocenters. The van der Waals surface area contributed by atoms with Crippen LogP contribution in [0.3, 0.4) is 0 Å². The van der Waals surface area contributed by atoms with Crippen LogP contribution < -0.4 is 5.32 Å². The second kappa shape index (κ2) is 5.82. The van der Waals surface area contributed by atoms with Crippen LogP contribution in [0.4, 0.5) is 0 Å². The lowest BCUT2D eigenvalue weighted by Gasteiger charge is -2.25. The molecule has 0 saturated heterocycles. The van der Waals surface area contributed by atoms with E-state index in [4.69, 9.17) is 0 Å². The second-order valence-corrected chi connectivity index (χ2v) is 6.60. The molecule has 1 N–H and O–H groups in total. The molecule has 0 radical (unpaired) electrons. The standard InChI is InChI=1S/C12H16BrNOS/c13-9-3-5-10(6-4-9)14-12(15)8-11-2-1-7-16-11/h1-2,7,9-10H,3-6,8H2,(H,14,15). The van der Waals surface area contributed by atoms with Gasteiger partial charge in [-0.15, -0.1) is 11.3 Å². The summed E-state index contributed by atoms with van der Waals surface area (Å²) in [5.41, 5.74) is 0. The van der Waals surface area contributed by atoms with Crippen LogP contribution in [0, 0.1) is 0 Å². The molecule has 1 heterocycles. The Morgan fingerprint density at radius 3 is 2.81 bits per heavy atom. The highest BCUT2D eigenvalue weighted by molar-refractivity contribution is 9.09. The van der Waals surface area contributed by atoms with Crippen LogP contribution in [0.25, 0.3) is 0 Å². The minimum atomic E-state index is 0.167. The quantitative estimate of drug-likeness (QED) is 0.854. The third-order valence-corrected chi connectivity index (χ3v) is 4.73. The number of carbonyl (C=O) groups excluding carboxylic acids is 1. The van der Waals surface area contributed by atoms with Crippen molar-refractivity contribution >= 4 is 33.2 Å². The van der Waals surface area contributed by atoms with Crippen molar-refractivity contribution in [3.8, 4) is 0 Å². The molecule has 1 saturated carbocycles. The number of rotatable bonds is 3. The Morgan fingerprint density at radius 1 is 1.44 bits per heavy atom. The first kappa shape index (κ1) is 12.1. The Bertz CT molecular complexity index is 331. The topological polar surface area (TPSA) is 29.1 Å². The van der Waals surface area contributed by atoms with Gasteiger partial charge in [0.05, 0.1) is 6.42 Å². The second-order valence-electron chi connectivity index (χ2n) is 4.27. The summed E-state index contributed by atoms with van der Waals surface area (Å²) in [6.45, 7) is 0. The van der Waals surface area contributed by atoms with Crippen LogP contribution >= 0.6 is 27.3 Å². The molecule has 2 rings (SSSR count). The first-order chi connectivity index (χ1) is 7.74. The highest BCUT2D eigenvalue weighted by Crippen LogP contribution is 2.24. The van der Waals surface area contributed by atoms with E-state index in [1.807, 2.05) is 17.5 Å². The summed E-state index contributed by atoms with van der Waals surface area (Å²) >= 11 is 5.26. The third-order valence-electron chi connectivity index (χ3n) is 2.94. The minimum Gasteiger partial charge on any atom is -0.353 e. The summed E-state index contributed by atoms with van der Waals surface area (Å²) in [4.78, 5) is 13.5. The van der Waals surface area contributed by atoms with Crippen molar-refractivity contribution < 1.29 is 4.79 Å². The summed E-state index contributed by atoms with van der Waals surface area (Å²) in [6, 6.07) is 4.39. The summed E-state index contributed by atoms with van der Waals surface area (Å²) in [7, 11) is 0. The number of amides is 1. The van der Waals surface area contributed by atoms with Crippen LogP contribution in [-0.2, 0) is 11.2 Å². The molecule has 0 aliphatic heterocycles. The Hall–Kier alpha value is -0.350. The molecule has 0 atom stereocenters. The van der Waals surface area contributed by atoms with E-state index in [-0.39, 0.29) is 5.91 Å². The molecule has 1 fully saturated rings.